The molecule has 1 aliphatic heterocycles. The van der Waals surface area contributed by atoms with Gasteiger partial charge in [0.1, 0.15) is 0 Å². The van der Waals surface area contributed by atoms with Gasteiger partial charge in [-0.2, -0.15) is 4.31 Å². The van der Waals surface area contributed by atoms with E-state index in [0.29, 0.717) is 30.4 Å². The van der Waals surface area contributed by atoms with E-state index in [1.54, 1.807) is 16.4 Å². The van der Waals surface area contributed by atoms with Crippen molar-refractivity contribution in [2.75, 3.05) is 13.1 Å². The van der Waals surface area contributed by atoms with Crippen molar-refractivity contribution < 1.29 is 8.42 Å². The first kappa shape index (κ1) is 14.5. The topological polar surface area (TPSA) is 63.4 Å². The van der Waals surface area contributed by atoms with E-state index in [1.165, 1.54) is 0 Å². The molecular weight excluding hydrogens is 260 g/mol. The first-order valence-corrected chi connectivity index (χ1v) is 8.22. The van der Waals surface area contributed by atoms with Gasteiger partial charge in [0, 0.05) is 19.6 Å². The van der Waals surface area contributed by atoms with Crippen LogP contribution in [0.5, 0.6) is 0 Å². The summed E-state index contributed by atoms with van der Waals surface area (Å²) >= 11 is 0. The molecule has 0 spiro atoms. The highest BCUT2D eigenvalue weighted by atomic mass is 32.2. The number of hydrogen-bond donors (Lipinski definition) is 1. The third-order valence-electron chi connectivity index (χ3n) is 4.00. The molecule has 2 rings (SSSR count). The molecule has 2 N–H and O–H groups in total. The van der Waals surface area contributed by atoms with Crippen molar-refractivity contribution in [3.05, 3.63) is 29.3 Å². The Hall–Kier alpha value is -0.910. The Morgan fingerprint density at radius 2 is 2.16 bits per heavy atom. The second-order valence-corrected chi connectivity index (χ2v) is 7.16. The Labute approximate surface area is 115 Å². The number of benzene rings is 1. The van der Waals surface area contributed by atoms with Crippen molar-refractivity contribution in [1.29, 1.82) is 0 Å². The number of sulfonamides is 1. The van der Waals surface area contributed by atoms with Gasteiger partial charge >= 0.3 is 0 Å². The van der Waals surface area contributed by atoms with E-state index >= 15 is 0 Å². The van der Waals surface area contributed by atoms with Crippen LogP contribution in [-0.4, -0.2) is 25.8 Å². The first-order valence-electron chi connectivity index (χ1n) is 6.78. The molecular formula is C14H22N2O2S. The Kier molecular flexibility index (Phi) is 4.28. The number of nitrogens with zero attached hydrogens (tertiary/aromatic N) is 1. The Bertz CT molecular complexity index is 555. The van der Waals surface area contributed by atoms with Gasteiger partial charge in [-0.3, -0.25) is 0 Å². The van der Waals surface area contributed by atoms with E-state index < -0.39 is 10.0 Å². The lowest BCUT2D eigenvalue weighted by Gasteiger charge is -2.17. The maximum atomic E-state index is 12.6. The molecule has 1 aliphatic rings. The van der Waals surface area contributed by atoms with E-state index in [-0.39, 0.29) is 0 Å². The van der Waals surface area contributed by atoms with Crippen molar-refractivity contribution in [1.82, 2.24) is 4.31 Å². The van der Waals surface area contributed by atoms with Gasteiger partial charge in [0.25, 0.3) is 0 Å². The molecule has 1 aromatic rings. The predicted molar refractivity (Wildman–Crippen MR) is 76.2 cm³/mol. The van der Waals surface area contributed by atoms with E-state index in [4.69, 9.17) is 5.73 Å². The molecule has 5 heteroatoms. The molecule has 106 valence electrons. The molecule has 4 nitrogen and oxygen atoms in total. The van der Waals surface area contributed by atoms with Crippen molar-refractivity contribution in [3.8, 4) is 0 Å². The molecule has 0 bridgehead atoms. The Morgan fingerprint density at radius 3 is 2.74 bits per heavy atom. The van der Waals surface area contributed by atoms with Crippen LogP contribution in [0.1, 0.15) is 30.9 Å². The summed E-state index contributed by atoms with van der Waals surface area (Å²) in [6.07, 6.45) is 2.00. The summed E-state index contributed by atoms with van der Waals surface area (Å²) in [5.74, 6) is 0.495. The van der Waals surface area contributed by atoms with E-state index in [2.05, 4.69) is 6.92 Å². The maximum Gasteiger partial charge on any atom is 0.243 e. The van der Waals surface area contributed by atoms with Crippen LogP contribution in [0.15, 0.2) is 23.1 Å². The fourth-order valence-corrected chi connectivity index (χ4v) is 4.11. The minimum Gasteiger partial charge on any atom is -0.326 e. The molecule has 1 unspecified atom stereocenters. The number of aryl methyl sites for hydroxylation is 1. The van der Waals surface area contributed by atoms with Gasteiger partial charge in [-0.1, -0.05) is 19.4 Å². The molecule has 1 fully saturated rings. The summed E-state index contributed by atoms with van der Waals surface area (Å²) in [4.78, 5) is 0.371. The van der Waals surface area contributed by atoms with Crippen LogP contribution in [0.4, 0.5) is 0 Å². The van der Waals surface area contributed by atoms with Crippen molar-refractivity contribution in [3.63, 3.8) is 0 Å². The Morgan fingerprint density at radius 1 is 1.42 bits per heavy atom. The van der Waals surface area contributed by atoms with Crippen molar-refractivity contribution in [2.45, 2.75) is 38.1 Å². The van der Waals surface area contributed by atoms with Gasteiger partial charge in [0.15, 0.2) is 0 Å². The number of rotatable bonds is 4. The summed E-state index contributed by atoms with van der Waals surface area (Å²) in [6.45, 7) is 5.70. The molecule has 0 radical (unpaired) electrons. The summed E-state index contributed by atoms with van der Waals surface area (Å²) in [5.41, 5.74) is 7.58. The number of nitrogens with two attached hydrogens (primary N) is 1. The lowest BCUT2D eigenvalue weighted by molar-refractivity contribution is 0.453. The van der Waals surface area contributed by atoms with Gasteiger partial charge < -0.3 is 5.73 Å². The summed E-state index contributed by atoms with van der Waals surface area (Å²) in [7, 11) is -3.35. The minimum atomic E-state index is -3.35. The lowest BCUT2D eigenvalue weighted by Crippen LogP contribution is -2.29. The largest absolute Gasteiger partial charge is 0.326 e. The standard InChI is InChI=1S/C14H22N2O2S/c1-3-12-6-7-16(10-12)19(17,18)14-5-4-11(2)13(8-14)9-15/h4-5,8,12H,3,6-7,9-10,15H2,1-2H3. The fourth-order valence-electron chi connectivity index (χ4n) is 2.53. The second-order valence-electron chi connectivity index (χ2n) is 5.22. The quantitative estimate of drug-likeness (QED) is 0.917. The smallest absolute Gasteiger partial charge is 0.243 e. The third-order valence-corrected chi connectivity index (χ3v) is 5.87. The van der Waals surface area contributed by atoms with Crippen LogP contribution in [0.2, 0.25) is 0 Å². The zero-order valence-electron chi connectivity index (χ0n) is 11.6. The monoisotopic (exact) mass is 282 g/mol. The molecule has 1 saturated heterocycles. The molecule has 0 aromatic heterocycles. The van der Waals surface area contributed by atoms with Gasteiger partial charge in [0.2, 0.25) is 10.0 Å². The highest BCUT2D eigenvalue weighted by molar-refractivity contribution is 7.89. The minimum absolute atomic E-state index is 0.368. The maximum absolute atomic E-state index is 12.6. The van der Waals surface area contributed by atoms with Crippen LogP contribution >= 0.6 is 0 Å². The molecule has 19 heavy (non-hydrogen) atoms. The van der Waals surface area contributed by atoms with Crippen LogP contribution < -0.4 is 5.73 Å². The van der Waals surface area contributed by atoms with E-state index in [0.717, 1.165) is 24.0 Å². The van der Waals surface area contributed by atoms with Gasteiger partial charge in [-0.25, -0.2) is 8.42 Å². The molecule has 1 aromatic carbocycles. The molecule has 0 aliphatic carbocycles. The SMILES string of the molecule is CCC1CCN(S(=O)(=O)c2ccc(C)c(CN)c2)C1. The van der Waals surface area contributed by atoms with Crippen LogP contribution in [0.25, 0.3) is 0 Å². The summed E-state index contributed by atoms with van der Waals surface area (Å²) in [5, 5.41) is 0. The number of hydrogen-bond acceptors (Lipinski definition) is 3. The molecule has 1 heterocycles. The van der Waals surface area contributed by atoms with Gasteiger partial charge in [-0.15, -0.1) is 0 Å². The summed E-state index contributed by atoms with van der Waals surface area (Å²) in [6, 6.07) is 5.23. The summed E-state index contributed by atoms with van der Waals surface area (Å²) < 4.78 is 26.7. The zero-order chi connectivity index (χ0) is 14.0. The average Bonchev–Trinajstić information content (AvgIpc) is 2.88. The van der Waals surface area contributed by atoms with Crippen LogP contribution in [0.3, 0.4) is 0 Å². The zero-order valence-corrected chi connectivity index (χ0v) is 12.4. The lowest BCUT2D eigenvalue weighted by atomic mass is 10.1. The van der Waals surface area contributed by atoms with E-state index in [1.807, 2.05) is 13.0 Å². The van der Waals surface area contributed by atoms with Gasteiger partial charge in [0.05, 0.1) is 4.90 Å². The normalized spacial score (nSPS) is 20.9. The van der Waals surface area contributed by atoms with Crippen LogP contribution in [-0.2, 0) is 16.6 Å². The fraction of sp³-hybridized carbons (Fsp3) is 0.571. The molecule has 1 atom stereocenters. The molecule has 0 saturated carbocycles. The van der Waals surface area contributed by atoms with Crippen LogP contribution in [0, 0.1) is 12.8 Å². The highest BCUT2D eigenvalue weighted by Gasteiger charge is 2.31. The predicted octanol–water partition coefficient (Wildman–Crippen LogP) is 1.87. The Balaban J connectivity index is 2.30. The van der Waals surface area contributed by atoms with Crippen molar-refractivity contribution >= 4 is 10.0 Å². The van der Waals surface area contributed by atoms with Crippen molar-refractivity contribution in [2.24, 2.45) is 11.7 Å². The third kappa shape index (κ3) is 2.83. The molecule has 0 amide bonds. The first-order chi connectivity index (χ1) is 8.98. The van der Waals surface area contributed by atoms with Gasteiger partial charge in [-0.05, 0) is 42.5 Å². The second kappa shape index (κ2) is 5.61. The average molecular weight is 282 g/mol. The highest BCUT2D eigenvalue weighted by Crippen LogP contribution is 2.26. The van der Waals surface area contributed by atoms with E-state index in [9.17, 15) is 8.42 Å².